The topological polar surface area (TPSA) is 17.1 Å². The average Bonchev–Trinajstić information content (AvgIpc) is 2.33. The van der Waals surface area contributed by atoms with E-state index < -0.39 is 0 Å². The number of carbonyl (C=O) groups excluding carboxylic acids is 1. The van der Waals surface area contributed by atoms with Crippen molar-refractivity contribution in [3.63, 3.8) is 0 Å². The van der Waals surface area contributed by atoms with Crippen LogP contribution in [0.2, 0.25) is 0 Å². The van der Waals surface area contributed by atoms with E-state index in [9.17, 15) is 4.79 Å². The summed E-state index contributed by atoms with van der Waals surface area (Å²) < 4.78 is 0. The highest BCUT2D eigenvalue weighted by molar-refractivity contribution is 5.79. The van der Waals surface area contributed by atoms with Crippen molar-refractivity contribution in [1.82, 2.24) is 0 Å². The summed E-state index contributed by atoms with van der Waals surface area (Å²) in [5.41, 5.74) is 3.41. The number of benzene rings is 1. The highest BCUT2D eigenvalue weighted by Gasteiger charge is 2.15. The maximum absolute atomic E-state index is 11.0. The molecule has 1 heteroatoms. The number of carbonyl (C=O) groups is 1. The minimum absolute atomic E-state index is 0.477. The van der Waals surface area contributed by atoms with Gasteiger partial charge in [-0.05, 0) is 24.3 Å². The van der Waals surface area contributed by atoms with E-state index in [0.717, 1.165) is 24.7 Å². The molecule has 0 radical (unpaired) electrons. The van der Waals surface area contributed by atoms with Gasteiger partial charge in [-0.25, -0.2) is 0 Å². The molecular formula is C15H16O. The molecule has 0 aromatic heterocycles. The molecule has 2 rings (SSSR count). The Labute approximate surface area is 96.5 Å². The molecule has 1 unspecified atom stereocenters. The predicted molar refractivity (Wildman–Crippen MR) is 66.2 cm³/mol. The van der Waals surface area contributed by atoms with Gasteiger partial charge in [0.15, 0.2) is 0 Å². The van der Waals surface area contributed by atoms with Gasteiger partial charge >= 0.3 is 0 Å². The second-order valence-corrected chi connectivity index (χ2v) is 4.30. The molecular weight excluding hydrogens is 196 g/mol. The van der Waals surface area contributed by atoms with Gasteiger partial charge in [0.25, 0.3) is 0 Å². The summed E-state index contributed by atoms with van der Waals surface area (Å²) in [5.74, 6) is 0.477. The van der Waals surface area contributed by atoms with E-state index in [1.165, 1.54) is 11.1 Å². The lowest BCUT2D eigenvalue weighted by molar-refractivity contribution is -0.104. The first-order valence-electron chi connectivity index (χ1n) is 5.70. The van der Waals surface area contributed by atoms with Crippen molar-refractivity contribution in [1.29, 1.82) is 0 Å². The fraction of sp³-hybridized carbons (Fsp3) is 0.267. The average molecular weight is 212 g/mol. The Kier molecular flexibility index (Phi) is 3.35. The van der Waals surface area contributed by atoms with Gasteiger partial charge < -0.3 is 0 Å². The molecule has 16 heavy (non-hydrogen) atoms. The Morgan fingerprint density at radius 2 is 2.06 bits per heavy atom. The van der Waals surface area contributed by atoms with Crippen molar-refractivity contribution >= 4 is 6.29 Å². The molecule has 1 aromatic carbocycles. The van der Waals surface area contributed by atoms with Crippen LogP contribution in [0.3, 0.4) is 0 Å². The lowest BCUT2D eigenvalue weighted by Gasteiger charge is -2.20. The molecule has 0 amide bonds. The summed E-state index contributed by atoms with van der Waals surface area (Å²) in [7, 11) is 0. The lowest BCUT2D eigenvalue weighted by Crippen LogP contribution is -2.09. The molecule has 0 bridgehead atoms. The van der Waals surface area contributed by atoms with Crippen molar-refractivity contribution in [2.75, 3.05) is 0 Å². The summed E-state index contributed by atoms with van der Waals surface area (Å²) in [6, 6.07) is 10.3. The Hall–Kier alpha value is -1.63. The summed E-state index contributed by atoms with van der Waals surface area (Å²) in [4.78, 5) is 11.0. The van der Waals surface area contributed by atoms with Gasteiger partial charge in [0.1, 0.15) is 6.29 Å². The third-order valence-electron chi connectivity index (χ3n) is 3.12. The molecule has 0 N–H and O–H groups in total. The zero-order chi connectivity index (χ0) is 11.4. The van der Waals surface area contributed by atoms with Gasteiger partial charge in [-0.15, -0.1) is 0 Å². The molecule has 0 saturated heterocycles. The van der Waals surface area contributed by atoms with Crippen molar-refractivity contribution < 1.29 is 4.79 Å². The van der Waals surface area contributed by atoms with Gasteiger partial charge in [-0.2, -0.15) is 0 Å². The van der Waals surface area contributed by atoms with E-state index >= 15 is 0 Å². The summed E-state index contributed by atoms with van der Waals surface area (Å²) >= 11 is 0. The van der Waals surface area contributed by atoms with Crippen molar-refractivity contribution in [2.24, 2.45) is 5.92 Å². The Bertz CT molecular complexity index is 426. The van der Waals surface area contributed by atoms with Crippen LogP contribution < -0.4 is 0 Å². The Balaban J connectivity index is 2.27. The third-order valence-corrected chi connectivity index (χ3v) is 3.12. The summed E-state index contributed by atoms with van der Waals surface area (Å²) in [6.45, 7) is 2.19. The van der Waals surface area contributed by atoms with Crippen LogP contribution in [0.15, 0.2) is 53.6 Å². The fourth-order valence-corrected chi connectivity index (χ4v) is 2.14. The number of aldehydes is 1. The molecule has 0 heterocycles. The van der Waals surface area contributed by atoms with Gasteiger partial charge in [0.2, 0.25) is 0 Å². The molecule has 82 valence electrons. The molecule has 0 aliphatic heterocycles. The van der Waals surface area contributed by atoms with E-state index in [1.54, 1.807) is 0 Å². The van der Waals surface area contributed by atoms with Gasteiger partial charge in [0.05, 0.1) is 0 Å². The van der Waals surface area contributed by atoms with Crippen LogP contribution >= 0.6 is 0 Å². The van der Waals surface area contributed by atoms with Crippen molar-refractivity contribution in [3.8, 4) is 0 Å². The highest BCUT2D eigenvalue weighted by Crippen LogP contribution is 2.27. The molecule has 0 fully saturated rings. The Morgan fingerprint density at radius 3 is 2.75 bits per heavy atom. The summed E-state index contributed by atoms with van der Waals surface area (Å²) in [5, 5.41) is 0. The molecule has 1 aliphatic carbocycles. The second-order valence-electron chi connectivity index (χ2n) is 4.30. The first-order chi connectivity index (χ1) is 7.81. The van der Waals surface area contributed by atoms with Crippen LogP contribution in [-0.2, 0) is 11.2 Å². The van der Waals surface area contributed by atoms with E-state index in [0.29, 0.717) is 5.92 Å². The molecule has 0 spiro atoms. The van der Waals surface area contributed by atoms with Crippen LogP contribution in [0.4, 0.5) is 0 Å². The van der Waals surface area contributed by atoms with Crippen molar-refractivity contribution in [2.45, 2.75) is 19.8 Å². The number of rotatable bonds is 3. The van der Waals surface area contributed by atoms with Crippen LogP contribution in [0.5, 0.6) is 0 Å². The smallest absolute Gasteiger partial charge is 0.150 e. The van der Waals surface area contributed by atoms with Gasteiger partial charge in [0, 0.05) is 5.57 Å². The Morgan fingerprint density at radius 1 is 1.31 bits per heavy atom. The standard InChI is InChI=1S/C15H16O/c1-12-6-5-9-14(11-16)15(12)10-13-7-3-2-4-8-13/h2-5,7-9,11-12H,6,10H2,1H3. The molecule has 1 aliphatic rings. The van der Waals surface area contributed by atoms with Gasteiger partial charge in [-0.3, -0.25) is 4.79 Å². The molecule has 1 aromatic rings. The van der Waals surface area contributed by atoms with E-state index in [1.807, 2.05) is 24.3 Å². The van der Waals surface area contributed by atoms with E-state index in [-0.39, 0.29) is 0 Å². The molecule has 1 nitrogen and oxygen atoms in total. The lowest BCUT2D eigenvalue weighted by atomic mass is 9.85. The fourth-order valence-electron chi connectivity index (χ4n) is 2.14. The van der Waals surface area contributed by atoms with Gasteiger partial charge in [-0.1, -0.05) is 55.0 Å². The predicted octanol–water partition coefficient (Wildman–Crippen LogP) is 3.32. The quantitative estimate of drug-likeness (QED) is 0.702. The minimum atomic E-state index is 0.477. The van der Waals surface area contributed by atoms with E-state index in [2.05, 4.69) is 25.1 Å². The number of hydrogen-bond donors (Lipinski definition) is 0. The van der Waals surface area contributed by atoms with Crippen LogP contribution in [0, 0.1) is 5.92 Å². The van der Waals surface area contributed by atoms with E-state index in [4.69, 9.17) is 0 Å². The first kappa shape index (κ1) is 10.9. The minimum Gasteiger partial charge on any atom is -0.298 e. The number of hydrogen-bond acceptors (Lipinski definition) is 1. The second kappa shape index (κ2) is 4.93. The maximum Gasteiger partial charge on any atom is 0.150 e. The zero-order valence-electron chi connectivity index (χ0n) is 9.52. The van der Waals surface area contributed by atoms with Crippen LogP contribution in [0.25, 0.3) is 0 Å². The third kappa shape index (κ3) is 2.30. The summed E-state index contributed by atoms with van der Waals surface area (Å²) in [6.07, 6.45) is 6.94. The van der Waals surface area contributed by atoms with Crippen LogP contribution in [0.1, 0.15) is 18.9 Å². The highest BCUT2D eigenvalue weighted by atomic mass is 16.1. The first-order valence-corrected chi connectivity index (χ1v) is 5.70. The number of allylic oxidation sites excluding steroid dienone is 4. The molecule has 1 atom stereocenters. The molecule has 0 saturated carbocycles. The SMILES string of the molecule is CC1CC=CC(C=O)=C1Cc1ccccc1. The van der Waals surface area contributed by atoms with Crippen LogP contribution in [-0.4, -0.2) is 6.29 Å². The monoisotopic (exact) mass is 212 g/mol. The normalized spacial score (nSPS) is 19.9. The van der Waals surface area contributed by atoms with Crippen molar-refractivity contribution in [3.05, 3.63) is 59.2 Å². The maximum atomic E-state index is 11.0. The largest absolute Gasteiger partial charge is 0.298 e. The zero-order valence-corrected chi connectivity index (χ0v) is 9.52.